The molecule has 0 radical (unpaired) electrons. The largest absolute Gasteiger partial charge is 0.328 e. The van der Waals surface area contributed by atoms with Crippen LogP contribution in [0.4, 0.5) is 6.01 Å². The van der Waals surface area contributed by atoms with E-state index >= 15 is 0 Å². The summed E-state index contributed by atoms with van der Waals surface area (Å²) in [5, 5.41) is 6.77. The molecule has 7 heteroatoms. The molecule has 1 heterocycles. The van der Waals surface area contributed by atoms with Crippen LogP contribution in [0.15, 0.2) is 33.7 Å². The van der Waals surface area contributed by atoms with Gasteiger partial charge in [0, 0.05) is 9.92 Å². The first-order valence-electron chi connectivity index (χ1n) is 5.12. The van der Waals surface area contributed by atoms with Crippen molar-refractivity contribution in [2.45, 2.75) is 11.8 Å². The number of nitrogens with one attached hydrogen (secondary N) is 1. The molecule has 0 saturated carbocycles. The normalized spacial score (nSPS) is 10.3. The molecule has 1 aromatic heterocycles. The van der Waals surface area contributed by atoms with E-state index < -0.39 is 0 Å². The molecule has 18 heavy (non-hydrogen) atoms. The van der Waals surface area contributed by atoms with E-state index in [9.17, 15) is 4.79 Å². The maximum Gasteiger partial charge on any atom is 0.328 e. The van der Waals surface area contributed by atoms with Crippen LogP contribution in [-0.4, -0.2) is 21.8 Å². The molecular formula is C11H10ClN3O2S. The molecule has 0 saturated heterocycles. The molecule has 0 spiro atoms. The topological polar surface area (TPSA) is 68.0 Å². The van der Waals surface area contributed by atoms with Gasteiger partial charge in [-0.2, -0.15) is 4.98 Å². The number of thioether (sulfide) groups is 1. The van der Waals surface area contributed by atoms with E-state index in [1.165, 1.54) is 11.8 Å². The third-order valence-electron chi connectivity index (χ3n) is 1.96. The van der Waals surface area contributed by atoms with Gasteiger partial charge in [-0.3, -0.25) is 10.1 Å². The van der Waals surface area contributed by atoms with Gasteiger partial charge < -0.3 is 4.52 Å². The first-order valence-corrected chi connectivity index (χ1v) is 6.48. The van der Waals surface area contributed by atoms with Crippen LogP contribution in [0.2, 0.25) is 5.02 Å². The van der Waals surface area contributed by atoms with Crippen LogP contribution in [0.1, 0.15) is 5.82 Å². The molecule has 0 atom stereocenters. The number of halogens is 1. The lowest BCUT2D eigenvalue weighted by Gasteiger charge is -2.01. The van der Waals surface area contributed by atoms with Crippen LogP contribution in [0.3, 0.4) is 0 Å². The number of carbonyl (C=O) groups excluding carboxylic acids is 1. The summed E-state index contributed by atoms with van der Waals surface area (Å²) < 4.78 is 4.78. The number of aryl methyl sites for hydroxylation is 1. The minimum atomic E-state index is -0.196. The second-order valence-corrected chi connectivity index (χ2v) is 4.92. The van der Waals surface area contributed by atoms with Gasteiger partial charge in [0.1, 0.15) is 0 Å². The predicted molar refractivity (Wildman–Crippen MR) is 69.8 cm³/mol. The average Bonchev–Trinajstić information content (AvgIpc) is 2.74. The van der Waals surface area contributed by atoms with Gasteiger partial charge in [0.05, 0.1) is 5.75 Å². The molecule has 0 aliphatic heterocycles. The monoisotopic (exact) mass is 283 g/mol. The Morgan fingerprint density at radius 2 is 2.17 bits per heavy atom. The highest BCUT2D eigenvalue weighted by atomic mass is 35.5. The molecule has 94 valence electrons. The first-order chi connectivity index (χ1) is 8.63. The van der Waals surface area contributed by atoms with E-state index in [0.717, 1.165) is 4.90 Å². The fraction of sp³-hybridized carbons (Fsp3) is 0.182. The molecule has 1 N–H and O–H groups in total. The fourth-order valence-corrected chi connectivity index (χ4v) is 2.01. The number of benzene rings is 1. The third kappa shape index (κ3) is 3.75. The Bertz CT molecular complexity index is 541. The van der Waals surface area contributed by atoms with Crippen molar-refractivity contribution in [3.63, 3.8) is 0 Å². The zero-order chi connectivity index (χ0) is 13.0. The lowest BCUT2D eigenvalue weighted by Crippen LogP contribution is -2.14. The number of rotatable bonds is 4. The molecule has 0 bridgehead atoms. The Kier molecular flexibility index (Phi) is 4.22. The van der Waals surface area contributed by atoms with E-state index in [0.29, 0.717) is 10.8 Å². The molecule has 2 rings (SSSR count). The van der Waals surface area contributed by atoms with E-state index in [4.69, 9.17) is 16.1 Å². The summed E-state index contributed by atoms with van der Waals surface area (Å²) in [5.41, 5.74) is 0. The molecular weight excluding hydrogens is 274 g/mol. The highest BCUT2D eigenvalue weighted by Crippen LogP contribution is 2.20. The van der Waals surface area contributed by atoms with Gasteiger partial charge in [-0.25, -0.2) is 0 Å². The van der Waals surface area contributed by atoms with Crippen molar-refractivity contribution in [1.29, 1.82) is 0 Å². The Balaban J connectivity index is 1.83. The minimum Gasteiger partial charge on any atom is -0.315 e. The van der Waals surface area contributed by atoms with Crippen LogP contribution in [0.25, 0.3) is 0 Å². The van der Waals surface area contributed by atoms with Gasteiger partial charge in [-0.1, -0.05) is 16.8 Å². The molecule has 1 amide bonds. The number of hydrogen-bond donors (Lipinski definition) is 1. The summed E-state index contributed by atoms with van der Waals surface area (Å²) in [4.78, 5) is 16.4. The van der Waals surface area contributed by atoms with Crippen LogP contribution in [0, 0.1) is 6.92 Å². The predicted octanol–water partition coefficient (Wildman–Crippen LogP) is 2.76. The summed E-state index contributed by atoms with van der Waals surface area (Å²) in [5.74, 6) is 0.553. The maximum absolute atomic E-state index is 11.6. The number of nitrogens with zero attached hydrogens (tertiary/aromatic N) is 2. The zero-order valence-corrected chi connectivity index (χ0v) is 11.1. The third-order valence-corrected chi connectivity index (χ3v) is 3.22. The van der Waals surface area contributed by atoms with Crippen LogP contribution < -0.4 is 5.32 Å². The second kappa shape index (κ2) is 5.88. The number of amides is 1. The smallest absolute Gasteiger partial charge is 0.315 e. The highest BCUT2D eigenvalue weighted by Gasteiger charge is 2.08. The van der Waals surface area contributed by atoms with Crippen LogP contribution in [-0.2, 0) is 4.79 Å². The minimum absolute atomic E-state index is 0.120. The Morgan fingerprint density at radius 3 is 2.78 bits per heavy atom. The summed E-state index contributed by atoms with van der Waals surface area (Å²) in [7, 11) is 0. The van der Waals surface area contributed by atoms with Gasteiger partial charge in [0.2, 0.25) is 5.91 Å². The molecule has 0 unspecified atom stereocenters. The molecule has 1 aromatic carbocycles. The zero-order valence-electron chi connectivity index (χ0n) is 9.51. The lowest BCUT2D eigenvalue weighted by atomic mass is 10.4. The first kappa shape index (κ1) is 12.9. The van der Waals surface area contributed by atoms with Crippen molar-refractivity contribution in [2.75, 3.05) is 11.1 Å². The fourth-order valence-electron chi connectivity index (χ4n) is 1.18. The van der Waals surface area contributed by atoms with Crippen molar-refractivity contribution in [2.24, 2.45) is 0 Å². The molecule has 0 aliphatic rings. The van der Waals surface area contributed by atoms with E-state index in [1.54, 1.807) is 19.1 Å². The summed E-state index contributed by atoms with van der Waals surface area (Å²) in [6.45, 7) is 1.68. The Labute approximate surface area is 113 Å². The number of anilines is 1. The SMILES string of the molecule is Cc1noc(NC(=O)CSc2ccc(Cl)cc2)n1. The van der Waals surface area contributed by atoms with E-state index in [-0.39, 0.29) is 17.7 Å². The number of carbonyl (C=O) groups is 1. The van der Waals surface area contributed by atoms with Crippen molar-refractivity contribution >= 4 is 35.3 Å². The molecule has 2 aromatic rings. The summed E-state index contributed by atoms with van der Waals surface area (Å²) in [6.07, 6.45) is 0. The van der Waals surface area contributed by atoms with Crippen LogP contribution >= 0.6 is 23.4 Å². The molecule has 0 aliphatic carbocycles. The van der Waals surface area contributed by atoms with Crippen molar-refractivity contribution < 1.29 is 9.32 Å². The van der Waals surface area contributed by atoms with Gasteiger partial charge in [-0.15, -0.1) is 11.8 Å². The molecule has 0 fully saturated rings. The lowest BCUT2D eigenvalue weighted by molar-refractivity contribution is -0.114. The quantitative estimate of drug-likeness (QED) is 0.874. The standard InChI is InChI=1S/C11H10ClN3O2S/c1-7-13-11(17-15-7)14-10(16)6-18-9-4-2-8(12)3-5-9/h2-5H,6H2,1H3,(H,13,14,15,16). The highest BCUT2D eigenvalue weighted by molar-refractivity contribution is 8.00. The Hall–Kier alpha value is -1.53. The van der Waals surface area contributed by atoms with E-state index in [1.807, 2.05) is 12.1 Å². The van der Waals surface area contributed by atoms with Gasteiger partial charge in [0.25, 0.3) is 0 Å². The van der Waals surface area contributed by atoms with Gasteiger partial charge in [0.15, 0.2) is 5.82 Å². The number of hydrogen-bond acceptors (Lipinski definition) is 5. The average molecular weight is 284 g/mol. The van der Waals surface area contributed by atoms with Crippen LogP contribution in [0.5, 0.6) is 0 Å². The summed E-state index contributed by atoms with van der Waals surface area (Å²) in [6, 6.07) is 7.40. The van der Waals surface area contributed by atoms with E-state index in [2.05, 4.69) is 15.5 Å². The van der Waals surface area contributed by atoms with Gasteiger partial charge in [-0.05, 0) is 31.2 Å². The molecule has 5 nitrogen and oxygen atoms in total. The van der Waals surface area contributed by atoms with Gasteiger partial charge >= 0.3 is 6.01 Å². The summed E-state index contributed by atoms with van der Waals surface area (Å²) >= 11 is 7.17. The van der Waals surface area contributed by atoms with Crippen molar-refractivity contribution in [3.05, 3.63) is 35.1 Å². The maximum atomic E-state index is 11.6. The Morgan fingerprint density at radius 1 is 1.44 bits per heavy atom. The van der Waals surface area contributed by atoms with Crippen molar-refractivity contribution in [3.8, 4) is 0 Å². The number of aromatic nitrogens is 2. The van der Waals surface area contributed by atoms with Crippen molar-refractivity contribution in [1.82, 2.24) is 10.1 Å². The second-order valence-electron chi connectivity index (χ2n) is 3.44.